The van der Waals surface area contributed by atoms with Gasteiger partial charge in [-0.2, -0.15) is 0 Å². The number of ether oxygens (including phenoxy) is 2. The average molecular weight is 472 g/mol. The lowest BCUT2D eigenvalue weighted by Crippen LogP contribution is -2.31. The third-order valence-corrected chi connectivity index (χ3v) is 7.84. The van der Waals surface area contributed by atoms with Crippen LogP contribution in [0.2, 0.25) is 0 Å². The molecule has 1 aliphatic carbocycles. The number of carbonyl (C=O) groups is 1. The molecule has 0 radical (unpaired) electrons. The molecule has 7 nitrogen and oxygen atoms in total. The Labute approximate surface area is 195 Å². The second kappa shape index (κ2) is 9.15. The molecular formula is C23H25N3O4S2. The van der Waals surface area contributed by atoms with E-state index in [0.717, 1.165) is 40.7 Å². The summed E-state index contributed by atoms with van der Waals surface area (Å²) in [5.74, 6) is 3.01. The van der Waals surface area contributed by atoms with E-state index in [2.05, 4.69) is 23.2 Å². The van der Waals surface area contributed by atoms with Gasteiger partial charge in [-0.3, -0.25) is 4.79 Å². The average Bonchev–Trinajstić information content (AvgIpc) is 3.54. The van der Waals surface area contributed by atoms with Crippen molar-refractivity contribution < 1.29 is 18.7 Å². The molecule has 0 saturated heterocycles. The quantitative estimate of drug-likeness (QED) is 0.458. The summed E-state index contributed by atoms with van der Waals surface area (Å²) in [4.78, 5) is 17.0. The number of aryl methyl sites for hydroxylation is 1. The van der Waals surface area contributed by atoms with E-state index in [1.54, 1.807) is 16.2 Å². The number of hydrogen-bond donors (Lipinski definition) is 0. The first kappa shape index (κ1) is 21.3. The zero-order valence-corrected chi connectivity index (χ0v) is 19.8. The number of rotatable bonds is 7. The highest BCUT2D eigenvalue weighted by atomic mass is 32.2. The summed E-state index contributed by atoms with van der Waals surface area (Å²) < 4.78 is 16.6. The minimum Gasteiger partial charge on any atom is -0.454 e. The maximum atomic E-state index is 12.8. The first-order valence-corrected chi connectivity index (χ1v) is 12.6. The molecule has 0 spiro atoms. The molecule has 3 aromatic rings. The van der Waals surface area contributed by atoms with Gasteiger partial charge in [0, 0.05) is 18.0 Å². The Morgan fingerprint density at radius 2 is 2.12 bits per heavy atom. The summed E-state index contributed by atoms with van der Waals surface area (Å²) in [5.41, 5.74) is 2.42. The van der Waals surface area contributed by atoms with Gasteiger partial charge in [0.15, 0.2) is 11.5 Å². The van der Waals surface area contributed by atoms with Crippen molar-refractivity contribution >= 4 is 29.0 Å². The van der Waals surface area contributed by atoms with E-state index in [1.165, 1.54) is 28.6 Å². The number of carbonyl (C=O) groups excluding carboxylic acids is 1. The molecule has 0 fully saturated rings. The summed E-state index contributed by atoms with van der Waals surface area (Å²) in [5, 5.41) is 8.78. The Morgan fingerprint density at radius 3 is 3.00 bits per heavy atom. The van der Waals surface area contributed by atoms with Crippen LogP contribution in [0.1, 0.15) is 36.3 Å². The van der Waals surface area contributed by atoms with Gasteiger partial charge in [0.2, 0.25) is 12.7 Å². The minimum atomic E-state index is 0.0236. The second-order valence-electron chi connectivity index (χ2n) is 8.16. The molecular weight excluding hydrogens is 446 g/mol. The standard InChI is InChI=1S/C23H25N3O4S2/c1-3-26(11-15-5-6-17-18(9-15)29-13-28-17)21(27)12-31-23-25-24-22(30-23)20-10-16-8-14(2)4-7-19(16)32-20/h5-6,9-10,14H,3-4,7-8,11-13H2,1-2H3/t14-/m1/s1. The Morgan fingerprint density at radius 1 is 1.25 bits per heavy atom. The summed E-state index contributed by atoms with van der Waals surface area (Å²) in [6.07, 6.45) is 3.48. The molecule has 0 saturated carbocycles. The van der Waals surface area contributed by atoms with Crippen LogP contribution in [0.5, 0.6) is 11.5 Å². The predicted octanol–water partition coefficient (Wildman–Crippen LogP) is 4.79. The molecule has 0 bridgehead atoms. The lowest BCUT2D eigenvalue weighted by molar-refractivity contribution is -0.128. The molecule has 168 valence electrons. The fourth-order valence-corrected chi connectivity index (χ4v) is 5.83. The second-order valence-corrected chi connectivity index (χ2v) is 10.2. The maximum absolute atomic E-state index is 12.8. The van der Waals surface area contributed by atoms with Crippen LogP contribution in [0.25, 0.3) is 10.8 Å². The Bertz CT molecular complexity index is 1130. The molecule has 1 aliphatic heterocycles. The van der Waals surface area contributed by atoms with Crippen molar-refractivity contribution in [1.29, 1.82) is 0 Å². The van der Waals surface area contributed by atoms with Crippen molar-refractivity contribution in [1.82, 2.24) is 15.1 Å². The van der Waals surface area contributed by atoms with E-state index in [0.29, 0.717) is 24.2 Å². The Hall–Kier alpha value is -2.52. The molecule has 9 heteroatoms. The van der Waals surface area contributed by atoms with Crippen molar-refractivity contribution in [3.8, 4) is 22.3 Å². The number of hydrogen-bond acceptors (Lipinski definition) is 8. The SMILES string of the molecule is CCN(Cc1ccc2c(c1)OCO2)C(=O)CSc1nnc(-c2cc3c(s2)CC[C@@H](C)C3)o1. The molecule has 32 heavy (non-hydrogen) atoms. The lowest BCUT2D eigenvalue weighted by Gasteiger charge is -2.20. The topological polar surface area (TPSA) is 77.7 Å². The Balaban J connectivity index is 1.19. The van der Waals surface area contributed by atoms with Crippen LogP contribution in [-0.4, -0.2) is 40.1 Å². The van der Waals surface area contributed by atoms with Gasteiger partial charge in [0.25, 0.3) is 11.1 Å². The van der Waals surface area contributed by atoms with Crippen molar-refractivity contribution in [3.05, 3.63) is 40.3 Å². The summed E-state index contributed by atoms with van der Waals surface area (Å²) in [6, 6.07) is 7.96. The zero-order chi connectivity index (χ0) is 22.1. The van der Waals surface area contributed by atoms with Crippen LogP contribution in [0.4, 0.5) is 0 Å². The van der Waals surface area contributed by atoms with Crippen molar-refractivity contribution in [2.45, 2.75) is 44.9 Å². The van der Waals surface area contributed by atoms with Crippen LogP contribution in [0.15, 0.2) is 33.9 Å². The lowest BCUT2D eigenvalue weighted by atomic mass is 9.90. The van der Waals surface area contributed by atoms with E-state index in [1.807, 2.05) is 25.1 Å². The number of thioether (sulfide) groups is 1. The fourth-order valence-electron chi connectivity index (χ4n) is 4.03. The summed E-state index contributed by atoms with van der Waals surface area (Å²) >= 11 is 3.03. The normalized spacial score (nSPS) is 16.8. The third kappa shape index (κ3) is 4.49. The number of aromatic nitrogens is 2. The number of thiophene rings is 1. The van der Waals surface area contributed by atoms with Gasteiger partial charge in [0.05, 0.1) is 10.6 Å². The highest BCUT2D eigenvalue weighted by molar-refractivity contribution is 7.99. The highest BCUT2D eigenvalue weighted by Crippen LogP contribution is 2.37. The van der Waals surface area contributed by atoms with Crippen LogP contribution in [-0.2, 0) is 24.2 Å². The number of benzene rings is 1. The van der Waals surface area contributed by atoms with Gasteiger partial charge in [-0.15, -0.1) is 21.5 Å². The van der Waals surface area contributed by atoms with E-state index in [4.69, 9.17) is 13.9 Å². The molecule has 0 N–H and O–H groups in total. The molecule has 1 atom stereocenters. The highest BCUT2D eigenvalue weighted by Gasteiger charge is 2.22. The number of amides is 1. The zero-order valence-electron chi connectivity index (χ0n) is 18.1. The van der Waals surface area contributed by atoms with Gasteiger partial charge in [-0.05, 0) is 61.4 Å². The maximum Gasteiger partial charge on any atom is 0.277 e. The molecule has 1 aromatic carbocycles. The monoisotopic (exact) mass is 471 g/mol. The van der Waals surface area contributed by atoms with Gasteiger partial charge in [-0.1, -0.05) is 24.8 Å². The first-order valence-electron chi connectivity index (χ1n) is 10.8. The van der Waals surface area contributed by atoms with Gasteiger partial charge in [-0.25, -0.2) is 0 Å². The van der Waals surface area contributed by atoms with Crippen LogP contribution in [0, 0.1) is 5.92 Å². The van der Waals surface area contributed by atoms with E-state index >= 15 is 0 Å². The van der Waals surface area contributed by atoms with Crippen molar-refractivity contribution in [3.63, 3.8) is 0 Å². The van der Waals surface area contributed by atoms with Gasteiger partial charge in [0.1, 0.15) is 0 Å². The van der Waals surface area contributed by atoms with Crippen LogP contribution in [0.3, 0.4) is 0 Å². The molecule has 2 aromatic heterocycles. The van der Waals surface area contributed by atoms with Crippen molar-refractivity contribution in [2.75, 3.05) is 19.1 Å². The van der Waals surface area contributed by atoms with Gasteiger partial charge >= 0.3 is 0 Å². The fraction of sp³-hybridized carbons (Fsp3) is 0.435. The van der Waals surface area contributed by atoms with E-state index in [9.17, 15) is 4.79 Å². The minimum absolute atomic E-state index is 0.0236. The molecule has 0 unspecified atom stereocenters. The van der Waals surface area contributed by atoms with Crippen LogP contribution >= 0.6 is 23.1 Å². The molecule has 1 amide bonds. The van der Waals surface area contributed by atoms with Gasteiger partial charge < -0.3 is 18.8 Å². The summed E-state index contributed by atoms with van der Waals surface area (Å²) in [6.45, 7) is 5.64. The number of nitrogens with zero attached hydrogens (tertiary/aromatic N) is 3. The molecule has 3 heterocycles. The van der Waals surface area contributed by atoms with Crippen LogP contribution < -0.4 is 9.47 Å². The predicted molar refractivity (Wildman–Crippen MR) is 123 cm³/mol. The number of fused-ring (bicyclic) bond motifs is 2. The third-order valence-electron chi connectivity index (χ3n) is 5.81. The van der Waals surface area contributed by atoms with E-state index in [-0.39, 0.29) is 18.5 Å². The van der Waals surface area contributed by atoms with Crippen molar-refractivity contribution in [2.24, 2.45) is 5.92 Å². The largest absolute Gasteiger partial charge is 0.454 e. The smallest absolute Gasteiger partial charge is 0.277 e. The molecule has 5 rings (SSSR count). The summed E-state index contributed by atoms with van der Waals surface area (Å²) in [7, 11) is 0. The Kier molecular flexibility index (Phi) is 6.10. The molecule has 2 aliphatic rings. The first-order chi connectivity index (χ1) is 15.6. The van der Waals surface area contributed by atoms with E-state index < -0.39 is 0 Å².